The lowest BCUT2D eigenvalue weighted by Gasteiger charge is -2.10. The van der Waals surface area contributed by atoms with Crippen LogP contribution in [-0.4, -0.2) is 6.54 Å². The molecule has 2 rings (SSSR count). The van der Waals surface area contributed by atoms with Crippen molar-refractivity contribution in [2.45, 2.75) is 20.1 Å². The number of nitrogens with one attached hydrogen (secondary N) is 1. The second kappa shape index (κ2) is 7.41. The standard InChI is InChI=1S/C16H17BrFNO/c1-2-19-10-13-5-8-16(15(17)9-13)20-11-12-3-6-14(18)7-4-12/h3-9,19H,2,10-11H2,1H3. The Bertz CT molecular complexity index is 557. The number of benzene rings is 2. The smallest absolute Gasteiger partial charge is 0.134 e. The quantitative estimate of drug-likeness (QED) is 0.849. The van der Waals surface area contributed by atoms with E-state index in [-0.39, 0.29) is 5.82 Å². The summed E-state index contributed by atoms with van der Waals surface area (Å²) in [6, 6.07) is 12.3. The van der Waals surface area contributed by atoms with Gasteiger partial charge in [0, 0.05) is 6.54 Å². The lowest BCUT2D eigenvalue weighted by molar-refractivity contribution is 0.304. The van der Waals surface area contributed by atoms with Gasteiger partial charge in [-0.05, 0) is 57.9 Å². The van der Waals surface area contributed by atoms with Crippen molar-refractivity contribution in [3.8, 4) is 5.75 Å². The highest BCUT2D eigenvalue weighted by Crippen LogP contribution is 2.26. The molecule has 0 fully saturated rings. The van der Waals surface area contributed by atoms with Crippen molar-refractivity contribution in [1.82, 2.24) is 5.32 Å². The van der Waals surface area contributed by atoms with Crippen molar-refractivity contribution in [2.75, 3.05) is 6.54 Å². The van der Waals surface area contributed by atoms with Gasteiger partial charge in [-0.2, -0.15) is 0 Å². The largest absolute Gasteiger partial charge is 0.488 e. The Kier molecular flexibility index (Phi) is 5.56. The van der Waals surface area contributed by atoms with Crippen LogP contribution in [-0.2, 0) is 13.2 Å². The molecule has 2 aromatic rings. The van der Waals surface area contributed by atoms with Gasteiger partial charge in [0.1, 0.15) is 18.2 Å². The molecular formula is C16H17BrFNO. The van der Waals surface area contributed by atoms with Crippen molar-refractivity contribution >= 4 is 15.9 Å². The maximum absolute atomic E-state index is 12.8. The van der Waals surface area contributed by atoms with Crippen LogP contribution in [0.1, 0.15) is 18.1 Å². The van der Waals surface area contributed by atoms with Crippen LogP contribution in [0, 0.1) is 5.82 Å². The Balaban J connectivity index is 1.97. The van der Waals surface area contributed by atoms with Gasteiger partial charge in [0.05, 0.1) is 4.47 Å². The highest BCUT2D eigenvalue weighted by Gasteiger charge is 2.03. The summed E-state index contributed by atoms with van der Waals surface area (Å²) in [6.07, 6.45) is 0. The molecule has 0 radical (unpaired) electrons. The van der Waals surface area contributed by atoms with Crippen LogP contribution >= 0.6 is 15.9 Å². The molecule has 0 spiro atoms. The van der Waals surface area contributed by atoms with E-state index >= 15 is 0 Å². The van der Waals surface area contributed by atoms with E-state index in [1.807, 2.05) is 18.2 Å². The van der Waals surface area contributed by atoms with Crippen LogP contribution < -0.4 is 10.1 Å². The third kappa shape index (κ3) is 4.32. The van der Waals surface area contributed by atoms with Crippen LogP contribution in [0.4, 0.5) is 4.39 Å². The molecule has 0 aromatic heterocycles. The van der Waals surface area contributed by atoms with Gasteiger partial charge in [0.25, 0.3) is 0 Å². The maximum Gasteiger partial charge on any atom is 0.134 e. The van der Waals surface area contributed by atoms with Crippen molar-refractivity contribution in [1.29, 1.82) is 0 Å². The first-order chi connectivity index (χ1) is 9.69. The predicted molar refractivity (Wildman–Crippen MR) is 82.3 cm³/mol. The number of hydrogen-bond donors (Lipinski definition) is 1. The summed E-state index contributed by atoms with van der Waals surface area (Å²) in [5.41, 5.74) is 2.14. The van der Waals surface area contributed by atoms with E-state index in [1.165, 1.54) is 17.7 Å². The molecule has 0 aliphatic rings. The van der Waals surface area contributed by atoms with Gasteiger partial charge in [-0.3, -0.25) is 0 Å². The molecule has 0 unspecified atom stereocenters. The van der Waals surface area contributed by atoms with Crippen molar-refractivity contribution in [3.63, 3.8) is 0 Å². The first-order valence-corrected chi connectivity index (χ1v) is 7.34. The van der Waals surface area contributed by atoms with Crippen LogP contribution in [0.5, 0.6) is 5.75 Å². The molecule has 0 heterocycles. The Labute approximate surface area is 127 Å². The van der Waals surface area contributed by atoms with Crippen molar-refractivity contribution in [2.24, 2.45) is 0 Å². The normalized spacial score (nSPS) is 10.6. The fourth-order valence-electron chi connectivity index (χ4n) is 1.78. The summed E-state index contributed by atoms with van der Waals surface area (Å²) in [5.74, 6) is 0.553. The van der Waals surface area contributed by atoms with E-state index in [9.17, 15) is 4.39 Å². The van der Waals surface area contributed by atoms with Gasteiger partial charge < -0.3 is 10.1 Å². The zero-order valence-electron chi connectivity index (χ0n) is 11.3. The van der Waals surface area contributed by atoms with E-state index in [1.54, 1.807) is 12.1 Å². The first kappa shape index (κ1) is 15.0. The third-order valence-electron chi connectivity index (χ3n) is 2.88. The van der Waals surface area contributed by atoms with E-state index in [0.717, 1.165) is 28.9 Å². The van der Waals surface area contributed by atoms with Crippen molar-refractivity contribution in [3.05, 3.63) is 63.9 Å². The summed E-state index contributed by atoms with van der Waals surface area (Å²) in [7, 11) is 0. The van der Waals surface area contributed by atoms with Crippen molar-refractivity contribution < 1.29 is 9.13 Å². The van der Waals surface area contributed by atoms with Gasteiger partial charge >= 0.3 is 0 Å². The Morgan fingerprint density at radius 3 is 2.45 bits per heavy atom. The van der Waals surface area contributed by atoms with Gasteiger partial charge in [-0.15, -0.1) is 0 Å². The van der Waals surface area contributed by atoms with Gasteiger partial charge in [-0.25, -0.2) is 4.39 Å². The molecule has 1 N–H and O–H groups in total. The summed E-state index contributed by atoms with van der Waals surface area (Å²) >= 11 is 3.51. The summed E-state index contributed by atoms with van der Waals surface area (Å²) < 4.78 is 19.5. The summed E-state index contributed by atoms with van der Waals surface area (Å²) in [4.78, 5) is 0. The fraction of sp³-hybridized carbons (Fsp3) is 0.250. The molecule has 0 amide bonds. The minimum atomic E-state index is -0.234. The second-order valence-electron chi connectivity index (χ2n) is 4.46. The zero-order chi connectivity index (χ0) is 14.4. The number of ether oxygens (including phenoxy) is 1. The molecule has 2 aromatic carbocycles. The average Bonchev–Trinajstić information content (AvgIpc) is 2.46. The topological polar surface area (TPSA) is 21.3 Å². The lowest BCUT2D eigenvalue weighted by Crippen LogP contribution is -2.11. The number of hydrogen-bond acceptors (Lipinski definition) is 2. The predicted octanol–water partition coefficient (Wildman–Crippen LogP) is 4.28. The van der Waals surface area contributed by atoms with Gasteiger partial charge in [-0.1, -0.05) is 25.1 Å². The molecular weight excluding hydrogens is 321 g/mol. The fourth-order valence-corrected chi connectivity index (χ4v) is 2.32. The average molecular weight is 338 g/mol. The molecule has 0 atom stereocenters. The van der Waals surface area contributed by atoms with E-state index in [0.29, 0.717) is 6.61 Å². The van der Waals surface area contributed by atoms with Gasteiger partial charge in [0.2, 0.25) is 0 Å². The van der Waals surface area contributed by atoms with E-state index < -0.39 is 0 Å². The van der Waals surface area contributed by atoms with Crippen LogP contribution in [0.15, 0.2) is 46.9 Å². The lowest BCUT2D eigenvalue weighted by atomic mass is 10.2. The molecule has 0 saturated heterocycles. The SMILES string of the molecule is CCNCc1ccc(OCc2ccc(F)cc2)c(Br)c1. The molecule has 0 saturated carbocycles. The third-order valence-corrected chi connectivity index (χ3v) is 3.50. The molecule has 106 valence electrons. The molecule has 2 nitrogen and oxygen atoms in total. The van der Waals surface area contributed by atoms with E-state index in [4.69, 9.17) is 4.74 Å². The maximum atomic E-state index is 12.8. The highest BCUT2D eigenvalue weighted by molar-refractivity contribution is 9.10. The van der Waals surface area contributed by atoms with E-state index in [2.05, 4.69) is 28.2 Å². The zero-order valence-corrected chi connectivity index (χ0v) is 12.9. The minimum Gasteiger partial charge on any atom is -0.488 e. The number of rotatable bonds is 6. The number of halogens is 2. The molecule has 0 aliphatic heterocycles. The second-order valence-corrected chi connectivity index (χ2v) is 5.31. The summed E-state index contributed by atoms with van der Waals surface area (Å²) in [6.45, 7) is 4.29. The Morgan fingerprint density at radius 2 is 1.80 bits per heavy atom. The van der Waals surface area contributed by atoms with Gasteiger partial charge in [0.15, 0.2) is 0 Å². The summed E-state index contributed by atoms with van der Waals surface area (Å²) in [5, 5.41) is 3.28. The van der Waals surface area contributed by atoms with Crippen LogP contribution in [0.2, 0.25) is 0 Å². The Hall–Kier alpha value is -1.39. The molecule has 0 aliphatic carbocycles. The van der Waals surface area contributed by atoms with Crippen LogP contribution in [0.25, 0.3) is 0 Å². The first-order valence-electron chi connectivity index (χ1n) is 6.55. The molecule has 20 heavy (non-hydrogen) atoms. The molecule has 0 bridgehead atoms. The van der Waals surface area contributed by atoms with Crippen LogP contribution in [0.3, 0.4) is 0 Å². The highest BCUT2D eigenvalue weighted by atomic mass is 79.9. The molecule has 4 heteroatoms. The Morgan fingerprint density at radius 1 is 1.10 bits per heavy atom. The monoisotopic (exact) mass is 337 g/mol. The minimum absolute atomic E-state index is 0.234.